The van der Waals surface area contributed by atoms with Gasteiger partial charge in [-0.05, 0) is 0 Å². The predicted octanol–water partition coefficient (Wildman–Crippen LogP) is 3.45. The zero-order valence-corrected chi connectivity index (χ0v) is 10.9. The van der Waals surface area contributed by atoms with Crippen LogP contribution in [0.4, 0.5) is 17.6 Å². The van der Waals surface area contributed by atoms with E-state index in [1.54, 1.807) is 0 Å². The highest BCUT2D eigenvalue weighted by molar-refractivity contribution is 5.44. The molecular formula is C13H9F4NO3. The summed E-state index contributed by atoms with van der Waals surface area (Å²) in [7, 11) is 2.71. The van der Waals surface area contributed by atoms with Crippen LogP contribution in [0.15, 0.2) is 18.2 Å². The van der Waals surface area contributed by atoms with Crippen LogP contribution < -0.4 is 14.2 Å². The number of pyridine rings is 1. The lowest BCUT2D eigenvalue weighted by atomic mass is 10.3. The molecule has 0 aliphatic rings. The quantitative estimate of drug-likeness (QED) is 0.641. The van der Waals surface area contributed by atoms with E-state index in [0.717, 1.165) is 0 Å². The van der Waals surface area contributed by atoms with Crippen molar-refractivity contribution in [1.29, 1.82) is 0 Å². The lowest BCUT2D eigenvalue weighted by molar-refractivity contribution is 0.339. The molecule has 0 N–H and O–H groups in total. The summed E-state index contributed by atoms with van der Waals surface area (Å²) in [5.41, 5.74) is 0. The first-order chi connectivity index (χ1) is 9.96. The minimum Gasteiger partial charge on any atom is -0.496 e. The van der Waals surface area contributed by atoms with Crippen molar-refractivity contribution in [3.05, 3.63) is 41.7 Å². The second-order valence-electron chi connectivity index (χ2n) is 3.80. The molecule has 8 heteroatoms. The molecule has 0 aliphatic heterocycles. The Labute approximate surface area is 116 Å². The van der Waals surface area contributed by atoms with Gasteiger partial charge in [-0.15, -0.1) is 0 Å². The Morgan fingerprint density at radius 3 is 1.62 bits per heavy atom. The minimum absolute atomic E-state index is 0.131. The van der Waals surface area contributed by atoms with Crippen LogP contribution in [0.2, 0.25) is 0 Å². The molecule has 0 bridgehead atoms. The maximum Gasteiger partial charge on any atom is 0.255 e. The standard InChI is InChI=1S/C13H9F4NO3/c1-19-6-3-7(20-2)5-8(4-6)21-11-9(14)12(16)18-13(17)10(11)15/h3-5H,1-2H3. The maximum atomic E-state index is 13.5. The summed E-state index contributed by atoms with van der Waals surface area (Å²) in [4.78, 5) is 2.43. The van der Waals surface area contributed by atoms with Gasteiger partial charge >= 0.3 is 0 Å². The van der Waals surface area contributed by atoms with Crippen molar-refractivity contribution in [3.8, 4) is 23.0 Å². The summed E-state index contributed by atoms with van der Waals surface area (Å²) in [5.74, 6) is -7.94. The van der Waals surface area contributed by atoms with E-state index in [-0.39, 0.29) is 17.2 Å². The third kappa shape index (κ3) is 2.99. The Balaban J connectivity index is 2.47. The highest BCUT2D eigenvalue weighted by Crippen LogP contribution is 2.34. The molecule has 0 fully saturated rings. The summed E-state index contributed by atoms with van der Waals surface area (Å²) < 4.78 is 67.6. The van der Waals surface area contributed by atoms with Crippen molar-refractivity contribution in [2.75, 3.05) is 14.2 Å². The average molecular weight is 303 g/mol. The Hall–Kier alpha value is -2.51. The summed E-state index contributed by atoms with van der Waals surface area (Å²) in [5, 5.41) is 0. The Morgan fingerprint density at radius 2 is 1.19 bits per heavy atom. The molecule has 0 amide bonds. The van der Waals surface area contributed by atoms with E-state index in [2.05, 4.69) is 4.98 Å². The molecule has 0 saturated heterocycles. The van der Waals surface area contributed by atoms with E-state index in [1.165, 1.54) is 32.4 Å². The third-order valence-corrected chi connectivity index (χ3v) is 2.50. The Kier molecular flexibility index (Phi) is 4.15. The molecule has 0 radical (unpaired) electrons. The van der Waals surface area contributed by atoms with Gasteiger partial charge in [0.15, 0.2) is 0 Å². The van der Waals surface area contributed by atoms with Crippen LogP contribution in [-0.4, -0.2) is 19.2 Å². The first-order valence-corrected chi connectivity index (χ1v) is 5.57. The van der Waals surface area contributed by atoms with E-state index >= 15 is 0 Å². The smallest absolute Gasteiger partial charge is 0.255 e. The number of hydrogen-bond donors (Lipinski definition) is 0. The fourth-order valence-corrected chi connectivity index (χ4v) is 1.52. The normalized spacial score (nSPS) is 10.4. The monoisotopic (exact) mass is 303 g/mol. The molecule has 1 aromatic carbocycles. The van der Waals surface area contributed by atoms with Gasteiger partial charge in [-0.25, -0.2) is 0 Å². The topological polar surface area (TPSA) is 40.6 Å². The van der Waals surface area contributed by atoms with Gasteiger partial charge in [-0.3, -0.25) is 0 Å². The van der Waals surface area contributed by atoms with Gasteiger partial charge in [0.1, 0.15) is 17.2 Å². The van der Waals surface area contributed by atoms with Crippen LogP contribution in [0.3, 0.4) is 0 Å². The SMILES string of the molecule is COc1cc(OC)cc(Oc2c(F)c(F)nc(F)c2F)c1. The molecule has 0 unspecified atom stereocenters. The van der Waals surface area contributed by atoms with E-state index in [4.69, 9.17) is 14.2 Å². The van der Waals surface area contributed by atoms with Gasteiger partial charge in [0, 0.05) is 18.2 Å². The zero-order valence-electron chi connectivity index (χ0n) is 10.9. The molecular weight excluding hydrogens is 294 g/mol. The first kappa shape index (κ1) is 14.9. The van der Waals surface area contributed by atoms with Gasteiger partial charge in [-0.1, -0.05) is 0 Å². The largest absolute Gasteiger partial charge is 0.496 e. The summed E-state index contributed by atoms with van der Waals surface area (Å²) in [6.45, 7) is 0. The molecule has 2 rings (SSSR count). The van der Waals surface area contributed by atoms with Gasteiger partial charge < -0.3 is 14.2 Å². The average Bonchev–Trinajstić information content (AvgIpc) is 2.49. The van der Waals surface area contributed by atoms with Gasteiger partial charge in [0.25, 0.3) is 11.9 Å². The fraction of sp³-hybridized carbons (Fsp3) is 0.154. The maximum absolute atomic E-state index is 13.5. The minimum atomic E-state index is -1.81. The van der Waals surface area contributed by atoms with E-state index in [9.17, 15) is 17.6 Å². The lowest BCUT2D eigenvalue weighted by Crippen LogP contribution is -2.03. The molecule has 4 nitrogen and oxygen atoms in total. The highest BCUT2D eigenvalue weighted by Gasteiger charge is 2.23. The molecule has 2 aromatic rings. The second-order valence-corrected chi connectivity index (χ2v) is 3.80. The number of halogens is 4. The van der Waals surface area contributed by atoms with Crippen LogP contribution in [-0.2, 0) is 0 Å². The van der Waals surface area contributed by atoms with Crippen molar-refractivity contribution in [3.63, 3.8) is 0 Å². The van der Waals surface area contributed by atoms with Crippen molar-refractivity contribution in [2.24, 2.45) is 0 Å². The molecule has 0 spiro atoms. The lowest BCUT2D eigenvalue weighted by Gasteiger charge is -2.11. The number of aromatic nitrogens is 1. The van der Waals surface area contributed by atoms with Crippen LogP contribution in [0.1, 0.15) is 0 Å². The van der Waals surface area contributed by atoms with Crippen LogP contribution in [0.25, 0.3) is 0 Å². The van der Waals surface area contributed by atoms with Crippen molar-refractivity contribution in [2.45, 2.75) is 0 Å². The Morgan fingerprint density at radius 1 is 0.762 bits per heavy atom. The van der Waals surface area contributed by atoms with Gasteiger partial charge in [-0.2, -0.15) is 22.5 Å². The predicted molar refractivity (Wildman–Crippen MR) is 63.7 cm³/mol. The van der Waals surface area contributed by atoms with E-state index < -0.39 is 29.3 Å². The van der Waals surface area contributed by atoms with Crippen molar-refractivity contribution >= 4 is 0 Å². The van der Waals surface area contributed by atoms with Crippen molar-refractivity contribution in [1.82, 2.24) is 4.98 Å². The highest BCUT2D eigenvalue weighted by atomic mass is 19.2. The van der Waals surface area contributed by atoms with E-state index in [0.29, 0.717) is 0 Å². The number of methoxy groups -OCH3 is 2. The molecule has 1 aromatic heterocycles. The Bertz CT molecular complexity index is 630. The number of benzene rings is 1. The van der Waals surface area contributed by atoms with Gasteiger partial charge in [0.05, 0.1) is 14.2 Å². The molecule has 112 valence electrons. The fourth-order valence-electron chi connectivity index (χ4n) is 1.52. The molecule has 21 heavy (non-hydrogen) atoms. The van der Waals surface area contributed by atoms with Crippen LogP contribution in [0.5, 0.6) is 23.0 Å². The summed E-state index contributed by atoms with van der Waals surface area (Å²) in [6.07, 6.45) is 0. The molecule has 1 heterocycles. The van der Waals surface area contributed by atoms with E-state index in [1.807, 2.05) is 0 Å². The second kappa shape index (κ2) is 5.86. The summed E-state index contributed by atoms with van der Waals surface area (Å²) >= 11 is 0. The molecule has 0 saturated carbocycles. The van der Waals surface area contributed by atoms with Crippen LogP contribution in [0, 0.1) is 23.5 Å². The molecule has 0 atom stereocenters. The summed E-state index contributed by atoms with van der Waals surface area (Å²) in [6, 6.07) is 4.00. The first-order valence-electron chi connectivity index (χ1n) is 5.57. The zero-order chi connectivity index (χ0) is 15.6. The van der Waals surface area contributed by atoms with Crippen LogP contribution >= 0.6 is 0 Å². The van der Waals surface area contributed by atoms with Gasteiger partial charge in [0.2, 0.25) is 17.4 Å². The number of hydrogen-bond acceptors (Lipinski definition) is 4. The number of nitrogens with zero attached hydrogens (tertiary/aromatic N) is 1. The van der Waals surface area contributed by atoms with Crippen molar-refractivity contribution < 1.29 is 31.8 Å². The number of ether oxygens (including phenoxy) is 3. The molecule has 0 aliphatic carbocycles. The number of rotatable bonds is 4. The third-order valence-electron chi connectivity index (χ3n) is 2.50.